The molecule has 3 rings (SSSR count). The van der Waals surface area contributed by atoms with E-state index in [1.54, 1.807) is 11.8 Å². The quantitative estimate of drug-likeness (QED) is 0.806. The molecule has 3 N–H and O–H groups in total. The summed E-state index contributed by atoms with van der Waals surface area (Å²) in [5.41, 5.74) is 10.4. The number of benzene rings is 2. The number of fused-ring (bicyclic) bond motifs is 1. The van der Waals surface area contributed by atoms with Gasteiger partial charge in [-0.3, -0.25) is 4.79 Å². The number of amides is 1. The predicted octanol–water partition coefficient (Wildman–Crippen LogP) is 4.08. The molecule has 1 aliphatic carbocycles. The lowest BCUT2D eigenvalue weighted by atomic mass is 9.87. The summed E-state index contributed by atoms with van der Waals surface area (Å²) in [6.07, 6.45) is 3.14. The third-order valence-electron chi connectivity index (χ3n) is 4.51. The zero-order chi connectivity index (χ0) is 16.9. The van der Waals surface area contributed by atoms with E-state index in [1.165, 1.54) is 16.7 Å². The molecule has 4 heteroatoms. The van der Waals surface area contributed by atoms with Gasteiger partial charge in [-0.1, -0.05) is 36.4 Å². The number of rotatable bonds is 5. The molecule has 0 fully saturated rings. The molecule has 0 radical (unpaired) electrons. The minimum atomic E-state index is -0.0654. The molecule has 0 saturated heterocycles. The number of hydrogen-bond acceptors (Lipinski definition) is 3. The summed E-state index contributed by atoms with van der Waals surface area (Å²) in [5.74, 6) is 0.971. The van der Waals surface area contributed by atoms with Gasteiger partial charge in [0.25, 0.3) is 0 Å². The Kier molecular flexibility index (Phi) is 5.46. The third-order valence-corrected chi connectivity index (χ3v) is 5.72. The average molecular weight is 340 g/mol. The van der Waals surface area contributed by atoms with Crippen LogP contribution >= 0.6 is 11.8 Å². The van der Waals surface area contributed by atoms with Crippen LogP contribution in [0.5, 0.6) is 0 Å². The van der Waals surface area contributed by atoms with Crippen molar-refractivity contribution in [3.63, 3.8) is 0 Å². The average Bonchev–Trinajstić information content (AvgIpc) is 2.60. The Morgan fingerprint density at radius 3 is 2.88 bits per heavy atom. The van der Waals surface area contributed by atoms with Crippen LogP contribution < -0.4 is 11.1 Å². The summed E-state index contributed by atoms with van der Waals surface area (Å²) in [6.45, 7) is 1.98. The van der Waals surface area contributed by atoms with E-state index in [2.05, 4.69) is 23.5 Å². The standard InChI is InChI=1S/C20H24N2OS/c1-14(24-13-15-6-3-2-4-7-15)20(23)22-19-9-5-8-16-12-17(21)10-11-18(16)19/h2-4,6-7,10-12,14,19H,5,8-9,13,21H2,1H3,(H,22,23). The molecule has 2 aromatic rings. The Labute approximate surface area is 148 Å². The van der Waals surface area contributed by atoms with Crippen molar-refractivity contribution in [1.29, 1.82) is 0 Å². The summed E-state index contributed by atoms with van der Waals surface area (Å²) in [5, 5.41) is 3.16. The third kappa shape index (κ3) is 4.12. The molecule has 126 valence electrons. The van der Waals surface area contributed by atoms with Crippen LogP contribution in [0.4, 0.5) is 5.69 Å². The molecule has 0 bridgehead atoms. The number of thioether (sulfide) groups is 1. The SMILES string of the molecule is CC(SCc1ccccc1)C(=O)NC1CCCc2cc(N)ccc21. The smallest absolute Gasteiger partial charge is 0.233 e. The fraction of sp³-hybridized carbons (Fsp3) is 0.350. The van der Waals surface area contributed by atoms with Crippen molar-refractivity contribution >= 4 is 23.4 Å². The van der Waals surface area contributed by atoms with Crippen LogP contribution in [-0.4, -0.2) is 11.2 Å². The highest BCUT2D eigenvalue weighted by molar-refractivity contribution is 7.99. The summed E-state index contributed by atoms with van der Waals surface area (Å²) < 4.78 is 0. The van der Waals surface area contributed by atoms with Crippen LogP contribution in [0.15, 0.2) is 48.5 Å². The van der Waals surface area contributed by atoms with Gasteiger partial charge in [0.1, 0.15) is 0 Å². The van der Waals surface area contributed by atoms with Gasteiger partial charge in [0, 0.05) is 11.4 Å². The second-order valence-electron chi connectivity index (χ2n) is 6.35. The van der Waals surface area contributed by atoms with E-state index in [-0.39, 0.29) is 17.2 Å². The van der Waals surface area contributed by atoms with Gasteiger partial charge < -0.3 is 11.1 Å². The number of anilines is 1. The maximum atomic E-state index is 12.6. The van der Waals surface area contributed by atoms with Crippen LogP contribution in [-0.2, 0) is 17.0 Å². The number of carbonyl (C=O) groups is 1. The highest BCUT2D eigenvalue weighted by atomic mass is 32.2. The first kappa shape index (κ1) is 16.9. The highest BCUT2D eigenvalue weighted by Crippen LogP contribution is 2.31. The molecule has 0 heterocycles. The molecule has 3 nitrogen and oxygen atoms in total. The molecule has 2 aromatic carbocycles. The summed E-state index contributed by atoms with van der Waals surface area (Å²) >= 11 is 1.68. The lowest BCUT2D eigenvalue weighted by molar-refractivity contribution is -0.121. The van der Waals surface area contributed by atoms with E-state index in [0.717, 1.165) is 30.7 Å². The topological polar surface area (TPSA) is 55.1 Å². The molecule has 2 atom stereocenters. The lowest BCUT2D eigenvalue weighted by Crippen LogP contribution is -2.36. The number of aryl methyl sites for hydroxylation is 1. The van der Waals surface area contributed by atoms with E-state index in [0.29, 0.717) is 0 Å². The van der Waals surface area contributed by atoms with Crippen molar-refractivity contribution in [3.05, 3.63) is 65.2 Å². The molecule has 1 amide bonds. The minimum absolute atomic E-state index is 0.0654. The second-order valence-corrected chi connectivity index (χ2v) is 7.68. The summed E-state index contributed by atoms with van der Waals surface area (Å²) in [6, 6.07) is 16.4. The molecule has 0 aromatic heterocycles. The fourth-order valence-electron chi connectivity index (χ4n) is 3.14. The van der Waals surface area contributed by atoms with Crippen molar-refractivity contribution in [2.75, 3.05) is 5.73 Å². The number of carbonyl (C=O) groups excluding carboxylic acids is 1. The Bertz CT molecular complexity index is 702. The molecule has 0 aliphatic heterocycles. The molecule has 1 aliphatic rings. The fourth-order valence-corrected chi connectivity index (χ4v) is 4.00. The lowest BCUT2D eigenvalue weighted by Gasteiger charge is -2.27. The van der Waals surface area contributed by atoms with E-state index in [9.17, 15) is 4.79 Å². The Hall–Kier alpha value is -1.94. The Balaban J connectivity index is 1.59. The largest absolute Gasteiger partial charge is 0.399 e. The molecular formula is C20H24N2OS. The Morgan fingerprint density at radius 2 is 2.08 bits per heavy atom. The van der Waals surface area contributed by atoms with Crippen molar-refractivity contribution in [2.24, 2.45) is 0 Å². The van der Waals surface area contributed by atoms with Gasteiger partial charge in [0.15, 0.2) is 0 Å². The number of nitrogen functional groups attached to an aromatic ring is 1. The van der Waals surface area contributed by atoms with E-state index in [4.69, 9.17) is 5.73 Å². The van der Waals surface area contributed by atoms with Gasteiger partial charge in [-0.15, -0.1) is 11.8 Å². The first-order valence-electron chi connectivity index (χ1n) is 8.47. The minimum Gasteiger partial charge on any atom is -0.399 e. The Morgan fingerprint density at radius 1 is 1.29 bits per heavy atom. The number of nitrogens with two attached hydrogens (primary N) is 1. The second kappa shape index (κ2) is 7.75. The van der Waals surface area contributed by atoms with Crippen molar-refractivity contribution in [3.8, 4) is 0 Å². The van der Waals surface area contributed by atoms with E-state index in [1.807, 2.05) is 37.3 Å². The number of nitrogens with one attached hydrogen (secondary N) is 1. The van der Waals surface area contributed by atoms with Crippen LogP contribution in [0.2, 0.25) is 0 Å². The first-order valence-corrected chi connectivity index (χ1v) is 9.52. The molecule has 0 saturated carbocycles. The zero-order valence-electron chi connectivity index (χ0n) is 14.0. The van der Waals surface area contributed by atoms with Gasteiger partial charge in [-0.25, -0.2) is 0 Å². The van der Waals surface area contributed by atoms with Gasteiger partial charge >= 0.3 is 0 Å². The van der Waals surface area contributed by atoms with E-state index >= 15 is 0 Å². The van der Waals surface area contributed by atoms with Crippen LogP contribution in [0, 0.1) is 0 Å². The monoisotopic (exact) mass is 340 g/mol. The van der Waals surface area contributed by atoms with Gasteiger partial charge in [0.2, 0.25) is 5.91 Å². The van der Waals surface area contributed by atoms with Crippen molar-refractivity contribution < 1.29 is 4.79 Å². The molecule has 24 heavy (non-hydrogen) atoms. The maximum Gasteiger partial charge on any atom is 0.233 e. The van der Waals surface area contributed by atoms with Crippen molar-refractivity contribution in [2.45, 2.75) is 43.2 Å². The molecule has 0 spiro atoms. The van der Waals surface area contributed by atoms with E-state index < -0.39 is 0 Å². The van der Waals surface area contributed by atoms with Crippen molar-refractivity contribution in [1.82, 2.24) is 5.32 Å². The van der Waals surface area contributed by atoms with Crippen LogP contribution in [0.3, 0.4) is 0 Å². The van der Waals surface area contributed by atoms with Gasteiger partial charge in [-0.2, -0.15) is 0 Å². The summed E-state index contributed by atoms with van der Waals surface area (Å²) in [7, 11) is 0. The first-order chi connectivity index (χ1) is 11.6. The molecular weight excluding hydrogens is 316 g/mol. The molecule has 2 unspecified atom stereocenters. The normalized spacial score (nSPS) is 17.8. The van der Waals surface area contributed by atoms with Crippen LogP contribution in [0.1, 0.15) is 42.5 Å². The number of hydrogen-bond donors (Lipinski definition) is 2. The van der Waals surface area contributed by atoms with Gasteiger partial charge in [0.05, 0.1) is 11.3 Å². The van der Waals surface area contributed by atoms with Crippen LogP contribution in [0.25, 0.3) is 0 Å². The summed E-state index contributed by atoms with van der Waals surface area (Å²) in [4.78, 5) is 12.6. The highest BCUT2D eigenvalue weighted by Gasteiger charge is 2.24. The maximum absolute atomic E-state index is 12.6. The zero-order valence-corrected chi connectivity index (χ0v) is 14.8. The predicted molar refractivity (Wildman–Crippen MR) is 102 cm³/mol. The van der Waals surface area contributed by atoms with Gasteiger partial charge in [-0.05, 0) is 55.0 Å².